The third-order valence-corrected chi connectivity index (χ3v) is 26.0. The molecule has 8 aliphatic heterocycles. The number of carboxylic acids is 4. The molecule has 8 rings (SSSR count). The molecule has 2 bridgehead atoms. The van der Waals surface area contributed by atoms with Crippen molar-refractivity contribution in [1.82, 2.24) is 132 Å². The van der Waals surface area contributed by atoms with E-state index >= 15 is 0 Å². The first-order valence-electron chi connectivity index (χ1n) is 52.9. The van der Waals surface area contributed by atoms with Gasteiger partial charge < -0.3 is 93.6 Å². The van der Waals surface area contributed by atoms with Crippen LogP contribution >= 0.6 is 0 Å². The molecule has 0 aromatic carbocycles. The van der Waals surface area contributed by atoms with E-state index in [2.05, 4.69) is 209 Å². The Balaban J connectivity index is 0.000000539. The molecule has 2 unspecified atom stereocenters. The second kappa shape index (κ2) is 82.7. The molecule has 8 aliphatic rings. The standard InChI is InChI=1S/C20H38N4O5.C18H34N4O5.C15H32N4.C13H30N4.C12H27N3.C11H26N4.C9H21N3/c1-17(2)24-9-5-8-23(16-20(28)29)11-10-22(15-19(26)27)7-4-6-21(12-13-24)14-18(3)25;1-15(2)22-10-8-19(12-16(3)23)4-5-20(13-17(24)25)6-7-21(9-11-22)14-18(26)27;1-15(2)19-9-4-8-17-10-6-16-5-3-7-18(12-11-17)13-14-19;1-13(2)17-11-4-7-15-9-8-14-5-3-6-16-10-12-17;1-12(2)15-10-4-8-13-6-3-7-14-9-5-11-15;1-11(2)15-9-7-13-5-3-12-4-6-14-8-10-15;1-9(2)12-7-5-10-3-4-11-6-8-12/h17H,4-16H2,1-3H3,(H,26,27)(H,28,29);15H,4-14H2,1-3H3,(H,24,25)(H,26,27);15-16H,3-14H2,1-2H3;13-16H,3-12H2,1-2H3;12-14H,3-11H2,1-2H3;11-14H,3-10H2,1-2H3;9-11H,3-8H2,1-2H3. The number of carboxylic acid groups (broad SMARTS) is 4. The highest BCUT2D eigenvalue weighted by Crippen LogP contribution is 2.12. The SMILES string of the molecule is CC(=O)CN1CCCN(CC(=O)O)CCN(CC(=O)O)CCCN(C(C)C)CC1.CC(=O)CN1CCN(CC(=O)O)CCN(CC(=O)O)CCN(C(C)C)CC1.CC(C)N1CCCN2CCNCCCN(CC2)CC1.CC(C)N1CCCNCCCNCCC1.CC(C)N1CCCNCCNCCCNCC1.CC(C)N1CCNCCNCC1.CC(C)N1CCNCCNCCNCC1. The zero-order valence-corrected chi connectivity index (χ0v) is 88.3. The van der Waals surface area contributed by atoms with Crippen molar-refractivity contribution in [2.24, 2.45) is 0 Å². The summed E-state index contributed by atoms with van der Waals surface area (Å²) in [4.78, 5) is 102. The van der Waals surface area contributed by atoms with Crippen LogP contribution in [0.2, 0.25) is 0 Å². The van der Waals surface area contributed by atoms with Crippen LogP contribution in [-0.2, 0) is 28.8 Å². The number of hydrogen-bond donors (Lipinski definition) is 15. The molecule has 15 N–H and O–H groups in total. The summed E-state index contributed by atoms with van der Waals surface area (Å²) in [6, 6.07) is 4.05. The molecular weight excluding hydrogens is 1700 g/mol. The Kier molecular flexibility index (Phi) is 77.9. The average Bonchev–Trinajstić information content (AvgIpc) is 0.950. The van der Waals surface area contributed by atoms with Gasteiger partial charge in [-0.15, -0.1) is 0 Å². The predicted octanol–water partition coefficient (Wildman–Crippen LogP) is 0.915. The van der Waals surface area contributed by atoms with Gasteiger partial charge in [-0.3, -0.25) is 87.6 Å². The van der Waals surface area contributed by atoms with E-state index < -0.39 is 23.9 Å². The number of nitrogens with one attached hydrogen (secondary N) is 11. The normalized spacial score (nSPS) is 23.4. The molecule has 2 atom stereocenters. The van der Waals surface area contributed by atoms with Crippen LogP contribution in [0.25, 0.3) is 0 Å². The quantitative estimate of drug-likeness (QED) is 0.0855. The molecule has 0 saturated carbocycles. The second-order valence-corrected chi connectivity index (χ2v) is 39.7. The summed E-state index contributed by atoms with van der Waals surface area (Å²) in [5.41, 5.74) is 0. The zero-order valence-electron chi connectivity index (χ0n) is 88.3. The first kappa shape index (κ1) is 126. The van der Waals surface area contributed by atoms with Gasteiger partial charge in [0.15, 0.2) is 0 Å². The Hall–Kier alpha value is -3.82. The summed E-state index contributed by atoms with van der Waals surface area (Å²) >= 11 is 0. The lowest BCUT2D eigenvalue weighted by atomic mass is 10.2. The van der Waals surface area contributed by atoms with Crippen LogP contribution in [0.4, 0.5) is 0 Å². The lowest BCUT2D eigenvalue weighted by molar-refractivity contribution is -0.140. The molecule has 790 valence electrons. The Labute approximate surface area is 816 Å². The summed E-state index contributed by atoms with van der Waals surface area (Å²) in [6.45, 7) is 89.8. The van der Waals surface area contributed by atoms with Gasteiger partial charge in [0.1, 0.15) is 11.6 Å². The van der Waals surface area contributed by atoms with Crippen molar-refractivity contribution in [1.29, 1.82) is 0 Å². The van der Waals surface area contributed by atoms with Crippen LogP contribution in [0.5, 0.6) is 0 Å². The smallest absolute Gasteiger partial charge is 0.317 e. The van der Waals surface area contributed by atoms with Crippen LogP contribution in [0, 0.1) is 0 Å². The zero-order chi connectivity index (χ0) is 98.7. The molecule has 0 radical (unpaired) electrons. The minimum Gasteiger partial charge on any atom is -0.480 e. The van der Waals surface area contributed by atoms with Crippen molar-refractivity contribution in [3.63, 3.8) is 0 Å². The third-order valence-electron chi connectivity index (χ3n) is 26.0. The van der Waals surface area contributed by atoms with Crippen LogP contribution in [0.1, 0.15) is 169 Å². The molecule has 0 aromatic heterocycles. The maximum Gasteiger partial charge on any atom is 0.317 e. The summed E-state index contributed by atoms with van der Waals surface area (Å²) in [5, 5.41) is 74.9. The molecule has 0 spiro atoms. The minimum absolute atomic E-state index is 0.0328. The number of carbonyl (C=O) groups is 6. The average molecular weight is 1910 g/mol. The summed E-state index contributed by atoms with van der Waals surface area (Å²) in [7, 11) is 0. The van der Waals surface area contributed by atoms with Gasteiger partial charge in [0, 0.05) is 291 Å². The van der Waals surface area contributed by atoms with E-state index in [1.807, 2.05) is 19.6 Å². The molecule has 8 heterocycles. The highest BCUT2D eigenvalue weighted by Gasteiger charge is 2.25. The summed E-state index contributed by atoms with van der Waals surface area (Å²) < 4.78 is 0. The number of hydrogen-bond acceptors (Lipinski definition) is 32. The number of aliphatic carboxylic acids is 4. The van der Waals surface area contributed by atoms with E-state index in [1.54, 1.807) is 13.8 Å². The lowest BCUT2D eigenvalue weighted by Gasteiger charge is -2.35. The second-order valence-electron chi connectivity index (χ2n) is 39.7. The molecule has 36 nitrogen and oxygen atoms in total. The van der Waals surface area contributed by atoms with Crippen LogP contribution in [0.3, 0.4) is 0 Å². The summed E-state index contributed by atoms with van der Waals surface area (Å²) in [5.74, 6) is -3.31. The lowest BCUT2D eigenvalue weighted by Crippen LogP contribution is -2.49. The number of fused-ring (bicyclic) bond motifs is 3. The molecule has 134 heavy (non-hydrogen) atoms. The van der Waals surface area contributed by atoms with E-state index in [9.17, 15) is 39.0 Å². The monoisotopic (exact) mass is 1910 g/mol. The van der Waals surface area contributed by atoms with E-state index in [0.29, 0.717) is 114 Å². The van der Waals surface area contributed by atoms with Gasteiger partial charge in [0.05, 0.1) is 39.3 Å². The number of carbonyl (C=O) groups excluding carboxylic acids is 2. The van der Waals surface area contributed by atoms with Crippen LogP contribution in [0.15, 0.2) is 0 Å². The van der Waals surface area contributed by atoms with Gasteiger partial charge in [-0.1, -0.05) is 0 Å². The van der Waals surface area contributed by atoms with Crippen molar-refractivity contribution in [2.75, 3.05) is 393 Å². The van der Waals surface area contributed by atoms with Gasteiger partial charge in [-0.25, -0.2) is 0 Å². The molecule has 0 aliphatic carbocycles. The topological polar surface area (TPSA) is 364 Å². The Bertz CT molecular complexity index is 2720. The van der Waals surface area contributed by atoms with Gasteiger partial charge in [-0.2, -0.15) is 0 Å². The Morgan fingerprint density at radius 3 is 0.664 bits per heavy atom. The van der Waals surface area contributed by atoms with E-state index in [1.165, 1.54) is 156 Å². The van der Waals surface area contributed by atoms with Crippen molar-refractivity contribution >= 4 is 35.4 Å². The number of rotatable bonds is 19. The van der Waals surface area contributed by atoms with E-state index in [-0.39, 0.29) is 37.7 Å². The third kappa shape index (κ3) is 71.6. The van der Waals surface area contributed by atoms with Gasteiger partial charge in [0.25, 0.3) is 0 Å². The van der Waals surface area contributed by atoms with Gasteiger partial charge in [-0.05, 0) is 273 Å². The fourth-order valence-corrected chi connectivity index (χ4v) is 17.6. The van der Waals surface area contributed by atoms with Gasteiger partial charge in [0.2, 0.25) is 0 Å². The van der Waals surface area contributed by atoms with Crippen LogP contribution < -0.4 is 58.5 Å². The maximum absolute atomic E-state index is 11.6. The fourth-order valence-electron chi connectivity index (χ4n) is 17.6. The molecule has 0 amide bonds. The maximum atomic E-state index is 11.6. The summed E-state index contributed by atoms with van der Waals surface area (Å²) in [6.07, 6.45) is 10.5. The molecule has 0 aromatic rings. The number of nitrogens with zero attached hydrogens (tertiary/aromatic N) is 15. The highest BCUT2D eigenvalue weighted by atomic mass is 16.4. The van der Waals surface area contributed by atoms with Gasteiger partial charge >= 0.3 is 23.9 Å². The molecule has 36 heteroatoms. The van der Waals surface area contributed by atoms with E-state index in [0.717, 1.165) is 196 Å². The number of ketones is 2. The molecular formula is C98H208N26O10. The predicted molar refractivity (Wildman–Crippen MR) is 554 cm³/mol. The first-order chi connectivity index (χ1) is 64.3. The van der Waals surface area contributed by atoms with E-state index in [4.69, 9.17) is 10.2 Å². The largest absolute Gasteiger partial charge is 0.480 e. The Morgan fingerprint density at radius 1 is 0.179 bits per heavy atom. The fraction of sp³-hybridized carbons (Fsp3) is 0.939. The molecule has 8 fully saturated rings. The minimum atomic E-state index is -0.907. The Morgan fingerprint density at radius 2 is 0.351 bits per heavy atom. The van der Waals surface area contributed by atoms with Crippen molar-refractivity contribution in [3.05, 3.63) is 0 Å². The van der Waals surface area contributed by atoms with Crippen molar-refractivity contribution < 1.29 is 49.2 Å². The van der Waals surface area contributed by atoms with Crippen LogP contribution in [-0.4, -0.2) is 564 Å². The first-order valence-corrected chi connectivity index (χ1v) is 52.9. The molecule has 8 saturated heterocycles. The van der Waals surface area contributed by atoms with Crippen molar-refractivity contribution in [3.8, 4) is 0 Å². The van der Waals surface area contributed by atoms with Crippen molar-refractivity contribution in [2.45, 2.75) is 211 Å². The number of Topliss-reactive ketones (excluding diaryl/α,β-unsaturated/α-hetero) is 2. The highest BCUT2D eigenvalue weighted by molar-refractivity contribution is 5.78.